The second kappa shape index (κ2) is 11.3. The predicted octanol–water partition coefficient (Wildman–Crippen LogP) is 12.0. The molecule has 0 atom stereocenters. The second-order valence-electron chi connectivity index (χ2n) is 15.8. The summed E-state index contributed by atoms with van der Waals surface area (Å²) >= 11 is 0. The Labute approximate surface area is 293 Å². The van der Waals surface area contributed by atoms with Crippen LogP contribution in [0.4, 0.5) is 0 Å². The first-order chi connectivity index (χ1) is 23.8. The molecule has 0 bridgehead atoms. The van der Waals surface area contributed by atoms with Crippen molar-refractivity contribution < 1.29 is 4.42 Å². The van der Waals surface area contributed by atoms with Gasteiger partial charge in [-0.2, -0.15) is 0 Å². The van der Waals surface area contributed by atoms with E-state index in [1.54, 1.807) is 0 Å². The SMILES string of the molecule is Cc1cnc(-c2cccc3c2oc2cc4ccc5ccccc5c4cc23)cc1-c1c(C)cc(-c2nc(C(C)(C)C)nc(C(C)(C)C)n2)cc1C. The molecule has 5 nitrogen and oxygen atoms in total. The van der Waals surface area contributed by atoms with Crippen molar-refractivity contribution >= 4 is 43.5 Å². The molecule has 3 heterocycles. The number of fused-ring (bicyclic) bond motifs is 6. The lowest BCUT2D eigenvalue weighted by atomic mass is 9.90. The number of rotatable bonds is 3. The highest BCUT2D eigenvalue weighted by molar-refractivity contribution is 6.17. The molecular formula is C45H42N4O. The van der Waals surface area contributed by atoms with E-state index in [0.717, 1.165) is 78.5 Å². The van der Waals surface area contributed by atoms with Crippen molar-refractivity contribution in [2.24, 2.45) is 0 Å². The van der Waals surface area contributed by atoms with Gasteiger partial charge in [-0.25, -0.2) is 15.0 Å². The Hall–Kier alpha value is -5.42. The molecule has 0 fully saturated rings. The molecule has 0 saturated carbocycles. The van der Waals surface area contributed by atoms with Gasteiger partial charge < -0.3 is 4.42 Å². The molecule has 0 aliphatic carbocycles. The van der Waals surface area contributed by atoms with Crippen molar-refractivity contribution in [1.82, 2.24) is 19.9 Å². The van der Waals surface area contributed by atoms with E-state index in [2.05, 4.69) is 147 Å². The number of aromatic nitrogens is 4. The van der Waals surface area contributed by atoms with E-state index in [9.17, 15) is 0 Å². The molecule has 0 aliphatic heterocycles. The summed E-state index contributed by atoms with van der Waals surface area (Å²) < 4.78 is 6.65. The van der Waals surface area contributed by atoms with Crippen LogP contribution in [0, 0.1) is 20.8 Å². The highest BCUT2D eigenvalue weighted by atomic mass is 16.3. The maximum atomic E-state index is 6.65. The third-order valence-corrected chi connectivity index (χ3v) is 9.78. The lowest BCUT2D eigenvalue weighted by molar-refractivity contribution is 0.497. The van der Waals surface area contributed by atoms with Crippen molar-refractivity contribution in [3.05, 3.63) is 119 Å². The summed E-state index contributed by atoms with van der Waals surface area (Å²) in [6.45, 7) is 19.4. The fourth-order valence-electron chi connectivity index (χ4n) is 7.13. The number of furan rings is 1. The zero-order valence-corrected chi connectivity index (χ0v) is 30.4. The first kappa shape index (κ1) is 31.8. The molecule has 0 spiro atoms. The van der Waals surface area contributed by atoms with E-state index in [-0.39, 0.29) is 10.8 Å². The normalized spacial score (nSPS) is 12.5. The number of nitrogens with zero attached hydrogens (tertiary/aromatic N) is 4. The molecule has 248 valence electrons. The molecule has 50 heavy (non-hydrogen) atoms. The molecule has 0 amide bonds. The second-order valence-corrected chi connectivity index (χ2v) is 15.8. The first-order valence-corrected chi connectivity index (χ1v) is 17.4. The molecule has 0 radical (unpaired) electrons. The van der Waals surface area contributed by atoms with Gasteiger partial charge in [0, 0.05) is 38.9 Å². The number of para-hydroxylation sites is 1. The fraction of sp³-hybridized carbons (Fsp3) is 0.244. The first-order valence-electron chi connectivity index (χ1n) is 17.4. The monoisotopic (exact) mass is 654 g/mol. The van der Waals surface area contributed by atoms with Gasteiger partial charge in [0.15, 0.2) is 5.82 Å². The Balaban J connectivity index is 1.25. The van der Waals surface area contributed by atoms with Crippen molar-refractivity contribution in [1.29, 1.82) is 0 Å². The van der Waals surface area contributed by atoms with E-state index in [1.165, 1.54) is 27.1 Å². The summed E-state index contributed by atoms with van der Waals surface area (Å²) in [7, 11) is 0. The average Bonchev–Trinajstić information content (AvgIpc) is 3.44. The van der Waals surface area contributed by atoms with E-state index in [1.807, 2.05) is 6.20 Å². The van der Waals surface area contributed by atoms with Gasteiger partial charge in [0.05, 0.1) is 5.69 Å². The van der Waals surface area contributed by atoms with Gasteiger partial charge in [0.25, 0.3) is 0 Å². The Morgan fingerprint density at radius 2 is 1.20 bits per heavy atom. The van der Waals surface area contributed by atoms with Crippen LogP contribution in [0.1, 0.15) is 69.9 Å². The van der Waals surface area contributed by atoms with Gasteiger partial charge in [-0.15, -0.1) is 0 Å². The smallest absolute Gasteiger partial charge is 0.163 e. The van der Waals surface area contributed by atoms with Crippen molar-refractivity contribution in [3.63, 3.8) is 0 Å². The molecule has 3 aromatic heterocycles. The maximum Gasteiger partial charge on any atom is 0.163 e. The van der Waals surface area contributed by atoms with E-state index >= 15 is 0 Å². The van der Waals surface area contributed by atoms with Crippen LogP contribution in [0.3, 0.4) is 0 Å². The highest BCUT2D eigenvalue weighted by Crippen LogP contribution is 2.41. The Kier molecular flexibility index (Phi) is 7.20. The Morgan fingerprint density at radius 1 is 0.540 bits per heavy atom. The summed E-state index contributed by atoms with van der Waals surface area (Å²) in [6.07, 6.45) is 1.98. The lowest BCUT2D eigenvalue weighted by Gasteiger charge is -2.23. The largest absolute Gasteiger partial charge is 0.455 e. The maximum absolute atomic E-state index is 6.65. The summed E-state index contributed by atoms with van der Waals surface area (Å²) in [5.41, 5.74) is 10.0. The van der Waals surface area contributed by atoms with Gasteiger partial charge in [-0.05, 0) is 107 Å². The minimum Gasteiger partial charge on any atom is -0.455 e. The van der Waals surface area contributed by atoms with Gasteiger partial charge in [-0.1, -0.05) is 90.1 Å². The van der Waals surface area contributed by atoms with E-state index in [0.29, 0.717) is 0 Å². The van der Waals surface area contributed by atoms with Crippen molar-refractivity contribution in [2.45, 2.75) is 73.1 Å². The number of hydrogen-bond acceptors (Lipinski definition) is 5. The van der Waals surface area contributed by atoms with Crippen LogP contribution < -0.4 is 0 Å². The number of benzene rings is 5. The topological polar surface area (TPSA) is 64.7 Å². The third-order valence-electron chi connectivity index (χ3n) is 9.78. The quantitative estimate of drug-likeness (QED) is 0.177. The van der Waals surface area contributed by atoms with E-state index < -0.39 is 0 Å². The average molecular weight is 655 g/mol. The number of pyridine rings is 1. The molecular weight excluding hydrogens is 613 g/mol. The lowest BCUT2D eigenvalue weighted by Crippen LogP contribution is -2.24. The Morgan fingerprint density at radius 3 is 1.90 bits per heavy atom. The fourth-order valence-corrected chi connectivity index (χ4v) is 7.13. The van der Waals surface area contributed by atoms with Crippen LogP contribution in [0.5, 0.6) is 0 Å². The minimum atomic E-state index is -0.198. The van der Waals surface area contributed by atoms with Crippen molar-refractivity contribution in [3.8, 4) is 33.8 Å². The minimum absolute atomic E-state index is 0.198. The van der Waals surface area contributed by atoms with Gasteiger partial charge in [0.2, 0.25) is 0 Å². The van der Waals surface area contributed by atoms with Gasteiger partial charge in [0.1, 0.15) is 22.8 Å². The molecule has 0 unspecified atom stereocenters. The summed E-state index contributed by atoms with van der Waals surface area (Å²) in [5, 5.41) is 7.09. The van der Waals surface area contributed by atoms with Crippen LogP contribution in [-0.2, 0) is 10.8 Å². The van der Waals surface area contributed by atoms with Gasteiger partial charge >= 0.3 is 0 Å². The third kappa shape index (κ3) is 5.32. The summed E-state index contributed by atoms with van der Waals surface area (Å²) in [6, 6.07) is 30.4. The van der Waals surface area contributed by atoms with Crippen LogP contribution in [0.2, 0.25) is 0 Å². The molecule has 0 aliphatic rings. The highest BCUT2D eigenvalue weighted by Gasteiger charge is 2.26. The van der Waals surface area contributed by atoms with E-state index in [4.69, 9.17) is 24.4 Å². The van der Waals surface area contributed by atoms with Gasteiger partial charge in [-0.3, -0.25) is 4.98 Å². The zero-order valence-electron chi connectivity index (χ0n) is 30.4. The molecule has 0 N–H and O–H groups in total. The number of hydrogen-bond donors (Lipinski definition) is 0. The van der Waals surface area contributed by atoms with Crippen LogP contribution in [0.15, 0.2) is 95.5 Å². The predicted molar refractivity (Wildman–Crippen MR) is 208 cm³/mol. The van der Waals surface area contributed by atoms with Crippen LogP contribution in [0.25, 0.3) is 77.3 Å². The number of aryl methyl sites for hydroxylation is 3. The summed E-state index contributed by atoms with van der Waals surface area (Å²) in [4.78, 5) is 19.8. The van der Waals surface area contributed by atoms with Crippen molar-refractivity contribution in [2.75, 3.05) is 0 Å². The summed E-state index contributed by atoms with van der Waals surface area (Å²) in [5.74, 6) is 2.34. The Bertz CT molecular complexity index is 2600. The molecule has 8 aromatic rings. The van der Waals surface area contributed by atoms with Crippen LogP contribution >= 0.6 is 0 Å². The standard InChI is InChI=1S/C45H42N4O/c1-25-19-30(41-47-42(44(4,5)6)49-43(48-41)45(7,8)9)20-26(2)39(25)34-23-37(46-24-27(34)3)33-16-12-15-32-36-22-35-29(21-38(36)50-40(32)33)18-17-28-13-10-11-14-31(28)35/h10-24H,1-9H3. The molecule has 8 rings (SSSR count). The molecule has 5 heteroatoms. The van der Waals surface area contributed by atoms with Crippen LogP contribution in [-0.4, -0.2) is 19.9 Å². The zero-order chi connectivity index (χ0) is 35.1. The molecule has 0 saturated heterocycles. The molecule has 5 aromatic carbocycles.